The number of nitrogens with zero attached hydrogens (tertiary/aromatic N) is 1. The van der Waals surface area contributed by atoms with Crippen LogP contribution in [0.1, 0.15) is 78.9 Å². The Morgan fingerprint density at radius 1 is 0.927 bits per heavy atom. The monoisotopic (exact) mass is 560 g/mol. The highest BCUT2D eigenvalue weighted by Gasteiger charge is 2.33. The Bertz CT molecular complexity index is 1250. The number of nitrogens with one attached hydrogen (secondary N) is 1. The second-order valence-electron chi connectivity index (χ2n) is 10.6. The molecule has 3 N–H and O–H groups in total. The molecule has 0 radical (unpaired) electrons. The molecule has 218 valence electrons. The lowest BCUT2D eigenvalue weighted by Crippen LogP contribution is -2.38. The Kier molecular flexibility index (Phi) is 11.0. The first-order valence-electron chi connectivity index (χ1n) is 14.2. The first kappa shape index (κ1) is 30.4. The number of rotatable bonds is 13. The number of aliphatic hydroxyl groups excluding tert-OH is 1. The Hall–Kier alpha value is -3.56. The average molecular weight is 561 g/mol. The highest BCUT2D eigenvalue weighted by atomic mass is 16.7. The summed E-state index contributed by atoms with van der Waals surface area (Å²) < 4.78 is 13.0. The van der Waals surface area contributed by atoms with E-state index in [2.05, 4.69) is 48.5 Å². The van der Waals surface area contributed by atoms with Crippen molar-refractivity contribution in [3.05, 3.63) is 107 Å². The number of likely N-dealkylation sites (N-methyl/N-ethyl adjacent to an activating group) is 1. The molecular weight excluding hydrogens is 520 g/mol. The molecule has 0 unspecified atom stereocenters. The van der Waals surface area contributed by atoms with Gasteiger partial charge in [-0.25, -0.2) is 0 Å². The minimum atomic E-state index is -0.899. The van der Waals surface area contributed by atoms with Crippen LogP contribution in [0.3, 0.4) is 0 Å². The minimum absolute atomic E-state index is 0.00251. The van der Waals surface area contributed by atoms with Gasteiger partial charge in [0.15, 0.2) is 6.29 Å². The van der Waals surface area contributed by atoms with Crippen LogP contribution < -0.4 is 5.32 Å². The van der Waals surface area contributed by atoms with E-state index in [1.54, 1.807) is 0 Å². The lowest BCUT2D eigenvalue weighted by Gasteiger charge is -2.39. The van der Waals surface area contributed by atoms with Crippen molar-refractivity contribution in [2.24, 2.45) is 0 Å². The van der Waals surface area contributed by atoms with Crippen molar-refractivity contribution in [1.29, 1.82) is 0 Å². The number of carboxylic acids is 1. The van der Waals surface area contributed by atoms with Crippen LogP contribution in [0.5, 0.6) is 0 Å². The third kappa shape index (κ3) is 8.96. The Morgan fingerprint density at radius 3 is 2.24 bits per heavy atom. The maximum absolute atomic E-state index is 12.0. The fourth-order valence-electron chi connectivity index (χ4n) is 4.98. The van der Waals surface area contributed by atoms with Crippen molar-refractivity contribution in [3.8, 4) is 0 Å². The second kappa shape index (κ2) is 14.9. The van der Waals surface area contributed by atoms with Gasteiger partial charge in [0.1, 0.15) is 0 Å². The first-order chi connectivity index (χ1) is 19.8. The summed E-state index contributed by atoms with van der Waals surface area (Å²) in [5, 5.41) is 21.0. The van der Waals surface area contributed by atoms with E-state index >= 15 is 0 Å². The minimum Gasteiger partial charge on any atom is -0.481 e. The Balaban J connectivity index is 1.43. The molecule has 1 amide bonds. The molecule has 1 heterocycles. The molecule has 8 nitrogen and oxygen atoms in total. The molecule has 1 aliphatic rings. The summed E-state index contributed by atoms with van der Waals surface area (Å²) in [4.78, 5) is 25.0. The zero-order valence-electron chi connectivity index (χ0n) is 23.7. The van der Waals surface area contributed by atoms with Crippen molar-refractivity contribution in [2.45, 2.75) is 70.3 Å². The van der Waals surface area contributed by atoms with Gasteiger partial charge in [0.2, 0.25) is 5.91 Å². The number of carbonyl (C=O) groups excluding carboxylic acids is 1. The predicted molar refractivity (Wildman–Crippen MR) is 156 cm³/mol. The molecule has 1 fully saturated rings. The molecule has 0 saturated carbocycles. The summed E-state index contributed by atoms with van der Waals surface area (Å²) in [5.41, 5.74) is 4.97. The molecular formula is C33H40N2O6. The largest absolute Gasteiger partial charge is 0.481 e. The molecule has 0 aromatic heterocycles. The molecule has 3 aromatic rings. The molecule has 4 rings (SSSR count). The maximum Gasteiger partial charge on any atom is 0.303 e. The summed E-state index contributed by atoms with van der Waals surface area (Å²) in [6.45, 7) is 3.29. The number of aliphatic carboxylic acids is 1. The molecule has 1 aliphatic heterocycles. The normalized spacial score (nSPS) is 19.6. The predicted octanol–water partition coefficient (Wildman–Crippen LogP) is 5.29. The number of ether oxygens (including phenoxy) is 2. The lowest BCUT2D eigenvalue weighted by atomic mass is 9.99. The van der Waals surface area contributed by atoms with E-state index in [0.29, 0.717) is 19.4 Å². The van der Waals surface area contributed by atoms with Crippen LogP contribution >= 0.6 is 0 Å². The number of benzene rings is 3. The van der Waals surface area contributed by atoms with Crippen LogP contribution in [-0.4, -0.2) is 46.7 Å². The number of hydrogen-bond acceptors (Lipinski definition) is 6. The highest BCUT2D eigenvalue weighted by molar-refractivity contribution is 5.76. The standard InChI is InChI=1S/C33H40N2O6/c1-23(26-7-4-3-5-8-26)35(2)21-29-19-30(27-15-13-25(22-36)14-16-27)41-33(40-29)28-17-11-24(12-18-28)20-34-31(37)9-6-10-32(38)39/h3-5,7-8,11-18,23,29-30,33,36H,6,9-10,19-22H2,1-2H3,(H,34,37)(H,38,39)/t23-,29+,30-,33-/m0/s1. The van der Waals surface area contributed by atoms with Crippen LogP contribution in [0.25, 0.3) is 0 Å². The zero-order chi connectivity index (χ0) is 29.2. The number of carbonyl (C=O) groups is 2. The van der Waals surface area contributed by atoms with Crippen molar-refractivity contribution in [3.63, 3.8) is 0 Å². The molecule has 8 heteroatoms. The van der Waals surface area contributed by atoms with Gasteiger partial charge in [0.05, 0.1) is 18.8 Å². The molecule has 4 atom stereocenters. The first-order valence-corrected chi connectivity index (χ1v) is 14.2. The smallest absolute Gasteiger partial charge is 0.303 e. The van der Waals surface area contributed by atoms with Crippen LogP contribution in [0.2, 0.25) is 0 Å². The van der Waals surface area contributed by atoms with E-state index in [1.807, 2.05) is 54.6 Å². The molecule has 41 heavy (non-hydrogen) atoms. The summed E-state index contributed by atoms with van der Waals surface area (Å²) in [7, 11) is 2.11. The van der Waals surface area contributed by atoms with Gasteiger partial charge in [-0.05, 0) is 42.6 Å². The van der Waals surface area contributed by atoms with Crippen LogP contribution in [0, 0.1) is 0 Å². The highest BCUT2D eigenvalue weighted by Crippen LogP contribution is 2.38. The third-order valence-electron chi connectivity index (χ3n) is 7.59. The van der Waals surface area contributed by atoms with Crippen molar-refractivity contribution >= 4 is 11.9 Å². The average Bonchev–Trinajstić information content (AvgIpc) is 3.00. The SMILES string of the molecule is C[C@@H](c1ccccc1)N(C)C[C@H]1C[C@@H](c2ccc(CO)cc2)O[C@@H](c2ccc(CNC(=O)CCCC(=O)O)cc2)O1. The summed E-state index contributed by atoms with van der Waals surface area (Å²) >= 11 is 0. The van der Waals surface area contributed by atoms with Crippen LogP contribution in [0.15, 0.2) is 78.9 Å². The Labute approximate surface area is 241 Å². The second-order valence-corrected chi connectivity index (χ2v) is 10.6. The molecule has 3 aromatic carbocycles. The maximum atomic E-state index is 12.0. The fraction of sp³-hybridized carbons (Fsp3) is 0.394. The molecule has 1 saturated heterocycles. The zero-order valence-corrected chi connectivity index (χ0v) is 23.7. The van der Waals surface area contributed by atoms with Gasteiger partial charge >= 0.3 is 5.97 Å². The van der Waals surface area contributed by atoms with E-state index in [1.165, 1.54) is 5.56 Å². The van der Waals surface area contributed by atoms with Gasteiger partial charge in [-0.1, -0.05) is 78.9 Å². The van der Waals surface area contributed by atoms with E-state index in [9.17, 15) is 14.7 Å². The van der Waals surface area contributed by atoms with Crippen LogP contribution in [0.4, 0.5) is 0 Å². The molecule has 0 aliphatic carbocycles. The molecule has 0 bridgehead atoms. The number of aliphatic hydroxyl groups is 1. The van der Waals surface area contributed by atoms with E-state index in [0.717, 1.165) is 28.8 Å². The summed E-state index contributed by atoms with van der Waals surface area (Å²) in [5.74, 6) is -1.06. The number of hydrogen-bond donors (Lipinski definition) is 3. The Morgan fingerprint density at radius 2 is 1.59 bits per heavy atom. The quantitative estimate of drug-likeness (QED) is 0.261. The third-order valence-corrected chi connectivity index (χ3v) is 7.59. The van der Waals surface area contributed by atoms with Gasteiger partial charge in [-0.3, -0.25) is 14.5 Å². The van der Waals surface area contributed by atoms with E-state index in [-0.39, 0.29) is 43.6 Å². The fourth-order valence-corrected chi connectivity index (χ4v) is 4.98. The lowest BCUT2D eigenvalue weighted by molar-refractivity contribution is -0.253. The van der Waals surface area contributed by atoms with Gasteiger partial charge in [0, 0.05) is 44.0 Å². The van der Waals surface area contributed by atoms with E-state index < -0.39 is 12.3 Å². The van der Waals surface area contributed by atoms with Crippen molar-refractivity contribution in [1.82, 2.24) is 10.2 Å². The number of carboxylic acid groups (broad SMARTS) is 1. The molecule has 0 spiro atoms. The van der Waals surface area contributed by atoms with Crippen molar-refractivity contribution in [2.75, 3.05) is 13.6 Å². The summed E-state index contributed by atoms with van der Waals surface area (Å²) in [6.07, 6.45) is 0.393. The van der Waals surface area contributed by atoms with Gasteiger partial charge in [0.25, 0.3) is 0 Å². The van der Waals surface area contributed by atoms with Gasteiger partial charge < -0.3 is 25.0 Å². The van der Waals surface area contributed by atoms with Crippen LogP contribution in [-0.2, 0) is 32.2 Å². The topological polar surface area (TPSA) is 108 Å². The van der Waals surface area contributed by atoms with Gasteiger partial charge in [-0.15, -0.1) is 0 Å². The van der Waals surface area contributed by atoms with E-state index in [4.69, 9.17) is 14.6 Å². The number of amides is 1. The van der Waals surface area contributed by atoms with Gasteiger partial charge in [-0.2, -0.15) is 0 Å². The van der Waals surface area contributed by atoms with Crippen molar-refractivity contribution < 1.29 is 29.3 Å². The summed E-state index contributed by atoms with van der Waals surface area (Å²) in [6, 6.07) is 26.3.